The van der Waals surface area contributed by atoms with Gasteiger partial charge >= 0.3 is 5.97 Å². The summed E-state index contributed by atoms with van der Waals surface area (Å²) in [6, 6.07) is 7.67. The third-order valence-electron chi connectivity index (χ3n) is 3.75. The number of hydrogen-bond acceptors (Lipinski definition) is 5. The van der Waals surface area contributed by atoms with E-state index < -0.39 is 0 Å². The smallest absolute Gasteiger partial charge is 0.340 e. The van der Waals surface area contributed by atoms with Crippen LogP contribution in [0.3, 0.4) is 0 Å². The summed E-state index contributed by atoms with van der Waals surface area (Å²) in [7, 11) is 0. The second-order valence-electron chi connectivity index (χ2n) is 5.39. The van der Waals surface area contributed by atoms with Crippen LogP contribution in [0, 0.1) is 6.92 Å². The summed E-state index contributed by atoms with van der Waals surface area (Å²) in [4.78, 5) is 17.8. The predicted octanol–water partition coefficient (Wildman–Crippen LogP) is 3.84. The number of aromatic nitrogens is 1. The summed E-state index contributed by atoms with van der Waals surface area (Å²) in [6.07, 6.45) is 3.23. The summed E-state index contributed by atoms with van der Waals surface area (Å²) in [5.41, 5.74) is 2.11. The highest BCUT2D eigenvalue weighted by Gasteiger charge is 2.18. The van der Waals surface area contributed by atoms with E-state index in [-0.39, 0.29) is 12.1 Å². The molecule has 0 N–H and O–H groups in total. The van der Waals surface area contributed by atoms with Crippen molar-refractivity contribution in [1.82, 2.24) is 4.98 Å². The molecule has 0 aromatic carbocycles. The summed E-state index contributed by atoms with van der Waals surface area (Å²) < 4.78 is 10.9. The van der Waals surface area contributed by atoms with Crippen molar-refractivity contribution in [2.75, 3.05) is 13.2 Å². The van der Waals surface area contributed by atoms with E-state index in [0.717, 1.165) is 36.4 Å². The second kappa shape index (κ2) is 7.03. The summed E-state index contributed by atoms with van der Waals surface area (Å²) >= 11 is 1.63. The molecule has 5 heteroatoms. The molecule has 1 unspecified atom stereocenters. The van der Waals surface area contributed by atoms with Crippen LogP contribution in [0.15, 0.2) is 29.6 Å². The van der Waals surface area contributed by atoms with E-state index in [2.05, 4.69) is 4.98 Å². The summed E-state index contributed by atoms with van der Waals surface area (Å²) in [6.45, 7) is 2.92. The SMILES string of the molecule is Cc1nc(-c2cccs2)ccc1C(=O)OCC1CCCCO1. The Morgan fingerprint density at radius 3 is 3.00 bits per heavy atom. The molecule has 116 valence electrons. The first-order valence-corrected chi connectivity index (χ1v) is 8.42. The second-order valence-corrected chi connectivity index (χ2v) is 6.34. The van der Waals surface area contributed by atoms with Gasteiger partial charge in [0, 0.05) is 6.61 Å². The molecule has 0 saturated carbocycles. The van der Waals surface area contributed by atoms with E-state index >= 15 is 0 Å². The van der Waals surface area contributed by atoms with Crippen LogP contribution in [0.2, 0.25) is 0 Å². The van der Waals surface area contributed by atoms with Gasteiger partial charge in [0.05, 0.1) is 27.9 Å². The minimum atomic E-state index is -0.322. The Morgan fingerprint density at radius 2 is 2.32 bits per heavy atom. The van der Waals surface area contributed by atoms with Crippen LogP contribution in [-0.4, -0.2) is 30.3 Å². The number of nitrogens with zero attached hydrogens (tertiary/aromatic N) is 1. The molecule has 1 fully saturated rings. The Morgan fingerprint density at radius 1 is 1.41 bits per heavy atom. The number of esters is 1. The van der Waals surface area contributed by atoms with Crippen molar-refractivity contribution in [2.24, 2.45) is 0 Å². The zero-order chi connectivity index (χ0) is 15.4. The standard InChI is InChI=1S/C17H19NO3S/c1-12-14(7-8-15(18-12)16-6-4-10-22-16)17(19)21-11-13-5-2-3-9-20-13/h4,6-8,10,13H,2-3,5,9,11H2,1H3. The van der Waals surface area contributed by atoms with Crippen molar-refractivity contribution >= 4 is 17.3 Å². The van der Waals surface area contributed by atoms with Crippen LogP contribution in [0.4, 0.5) is 0 Å². The van der Waals surface area contributed by atoms with Crippen LogP contribution in [0.5, 0.6) is 0 Å². The minimum Gasteiger partial charge on any atom is -0.459 e. The maximum Gasteiger partial charge on any atom is 0.340 e. The summed E-state index contributed by atoms with van der Waals surface area (Å²) in [5.74, 6) is -0.322. The number of thiophene rings is 1. The van der Waals surface area contributed by atoms with Gasteiger partial charge in [0.15, 0.2) is 0 Å². The lowest BCUT2D eigenvalue weighted by Crippen LogP contribution is -2.26. The molecule has 2 aromatic rings. The van der Waals surface area contributed by atoms with Crippen molar-refractivity contribution in [1.29, 1.82) is 0 Å². The number of carbonyl (C=O) groups excluding carboxylic acids is 1. The van der Waals surface area contributed by atoms with Gasteiger partial charge in [-0.1, -0.05) is 6.07 Å². The molecule has 0 aliphatic carbocycles. The molecular formula is C17H19NO3S. The Bertz CT molecular complexity index is 633. The van der Waals surface area contributed by atoms with Gasteiger partial charge in [-0.2, -0.15) is 0 Å². The molecule has 1 atom stereocenters. The average Bonchev–Trinajstić information content (AvgIpc) is 3.08. The van der Waals surface area contributed by atoms with E-state index in [0.29, 0.717) is 17.9 Å². The Hall–Kier alpha value is -1.72. The van der Waals surface area contributed by atoms with Crippen molar-refractivity contribution in [3.63, 3.8) is 0 Å². The molecule has 1 aliphatic rings. The number of carbonyl (C=O) groups is 1. The topological polar surface area (TPSA) is 48.4 Å². The van der Waals surface area contributed by atoms with Gasteiger partial charge in [-0.15, -0.1) is 11.3 Å². The molecular weight excluding hydrogens is 298 g/mol. The van der Waals surface area contributed by atoms with Gasteiger partial charge in [0.2, 0.25) is 0 Å². The van der Waals surface area contributed by atoms with Crippen LogP contribution in [0.25, 0.3) is 10.6 Å². The van der Waals surface area contributed by atoms with Crippen LogP contribution in [0.1, 0.15) is 35.3 Å². The van der Waals surface area contributed by atoms with Crippen LogP contribution >= 0.6 is 11.3 Å². The van der Waals surface area contributed by atoms with E-state index in [9.17, 15) is 4.79 Å². The lowest BCUT2D eigenvalue weighted by Gasteiger charge is -2.22. The van der Waals surface area contributed by atoms with E-state index in [4.69, 9.17) is 9.47 Å². The van der Waals surface area contributed by atoms with Gasteiger partial charge < -0.3 is 9.47 Å². The van der Waals surface area contributed by atoms with E-state index in [1.165, 1.54) is 0 Å². The Labute approximate surface area is 134 Å². The fourth-order valence-corrected chi connectivity index (χ4v) is 3.22. The fraction of sp³-hybridized carbons (Fsp3) is 0.412. The van der Waals surface area contributed by atoms with Crippen molar-refractivity contribution in [3.8, 4) is 10.6 Å². The van der Waals surface area contributed by atoms with Crippen molar-refractivity contribution in [3.05, 3.63) is 40.9 Å². The van der Waals surface area contributed by atoms with Gasteiger partial charge in [0.1, 0.15) is 6.61 Å². The zero-order valence-corrected chi connectivity index (χ0v) is 13.4. The van der Waals surface area contributed by atoms with Gasteiger partial charge in [-0.05, 0) is 49.8 Å². The highest BCUT2D eigenvalue weighted by atomic mass is 32.1. The highest BCUT2D eigenvalue weighted by Crippen LogP contribution is 2.24. The molecule has 1 aliphatic heterocycles. The van der Waals surface area contributed by atoms with Crippen LogP contribution < -0.4 is 0 Å². The highest BCUT2D eigenvalue weighted by molar-refractivity contribution is 7.13. The van der Waals surface area contributed by atoms with Crippen molar-refractivity contribution in [2.45, 2.75) is 32.3 Å². The maximum atomic E-state index is 12.2. The number of ether oxygens (including phenoxy) is 2. The Balaban J connectivity index is 1.65. The average molecular weight is 317 g/mol. The monoisotopic (exact) mass is 317 g/mol. The minimum absolute atomic E-state index is 0.0383. The molecule has 4 nitrogen and oxygen atoms in total. The largest absolute Gasteiger partial charge is 0.459 e. The molecule has 22 heavy (non-hydrogen) atoms. The van der Waals surface area contributed by atoms with Gasteiger partial charge in [0.25, 0.3) is 0 Å². The van der Waals surface area contributed by atoms with Gasteiger partial charge in [-0.25, -0.2) is 4.79 Å². The third kappa shape index (κ3) is 3.54. The number of aryl methyl sites for hydroxylation is 1. The molecule has 1 saturated heterocycles. The maximum absolute atomic E-state index is 12.2. The number of rotatable bonds is 4. The molecule has 0 radical (unpaired) electrons. The fourth-order valence-electron chi connectivity index (χ4n) is 2.52. The molecule has 3 heterocycles. The predicted molar refractivity (Wildman–Crippen MR) is 86.2 cm³/mol. The summed E-state index contributed by atoms with van der Waals surface area (Å²) in [5, 5.41) is 2.01. The first-order valence-electron chi connectivity index (χ1n) is 7.54. The van der Waals surface area contributed by atoms with Gasteiger partial charge in [-0.3, -0.25) is 4.98 Å². The molecule has 0 amide bonds. The zero-order valence-electron chi connectivity index (χ0n) is 12.6. The molecule has 3 rings (SSSR count). The van der Waals surface area contributed by atoms with E-state index in [1.54, 1.807) is 17.4 Å². The first-order chi connectivity index (χ1) is 10.7. The van der Waals surface area contributed by atoms with Crippen LogP contribution in [-0.2, 0) is 9.47 Å². The molecule has 0 spiro atoms. The third-order valence-corrected chi connectivity index (χ3v) is 4.65. The molecule has 0 bridgehead atoms. The first kappa shape index (κ1) is 15.2. The Kier molecular flexibility index (Phi) is 4.85. The lowest BCUT2D eigenvalue weighted by atomic mass is 10.1. The van der Waals surface area contributed by atoms with Crippen molar-refractivity contribution < 1.29 is 14.3 Å². The molecule has 2 aromatic heterocycles. The van der Waals surface area contributed by atoms with E-state index in [1.807, 2.05) is 30.5 Å². The normalized spacial score (nSPS) is 18.1. The number of pyridine rings is 1. The lowest BCUT2D eigenvalue weighted by molar-refractivity contribution is -0.0300. The number of hydrogen-bond donors (Lipinski definition) is 0. The quantitative estimate of drug-likeness (QED) is 0.804.